The van der Waals surface area contributed by atoms with Gasteiger partial charge in [-0.05, 0) is 44.4 Å². The molecule has 0 N–H and O–H groups in total. The van der Waals surface area contributed by atoms with Gasteiger partial charge in [-0.25, -0.2) is 0 Å². The van der Waals surface area contributed by atoms with Crippen molar-refractivity contribution in [2.75, 3.05) is 0 Å². The van der Waals surface area contributed by atoms with Crippen molar-refractivity contribution >= 4 is 0 Å². The summed E-state index contributed by atoms with van der Waals surface area (Å²) in [6, 6.07) is 0. The molecule has 0 atom stereocenters. The lowest BCUT2D eigenvalue weighted by Gasteiger charge is -2.31. The van der Waals surface area contributed by atoms with Gasteiger partial charge in [0.15, 0.2) is 0 Å². The van der Waals surface area contributed by atoms with Gasteiger partial charge in [0.2, 0.25) is 0 Å². The molecule has 1 aliphatic carbocycles. The number of rotatable bonds is 3. The fourth-order valence-corrected chi connectivity index (χ4v) is 2.16. The van der Waals surface area contributed by atoms with E-state index in [1.165, 1.54) is 25.7 Å². The summed E-state index contributed by atoms with van der Waals surface area (Å²) in [5, 5.41) is 0. The lowest BCUT2D eigenvalue weighted by molar-refractivity contribution is 0.0611. The third-order valence-electron chi connectivity index (χ3n) is 3.03. The molecule has 1 aliphatic rings. The Labute approximate surface area is 82.2 Å². The van der Waals surface area contributed by atoms with Crippen LogP contribution >= 0.6 is 0 Å². The predicted octanol–water partition coefficient (Wildman–Crippen LogP) is 3.75. The van der Waals surface area contributed by atoms with E-state index in [0.29, 0.717) is 6.10 Å². The molecule has 0 spiro atoms. The highest BCUT2D eigenvalue weighted by Gasteiger charge is 2.23. The smallest absolute Gasteiger partial charge is 0.0982 e. The van der Waals surface area contributed by atoms with Gasteiger partial charge in [0, 0.05) is 0 Å². The highest BCUT2D eigenvalue weighted by Crippen LogP contribution is 2.31. The number of hydrogen-bond donors (Lipinski definition) is 0. The van der Waals surface area contributed by atoms with Crippen LogP contribution < -0.4 is 0 Å². The molecule has 0 aliphatic heterocycles. The second kappa shape index (κ2) is 4.69. The Hall–Kier alpha value is -0.460. The van der Waals surface area contributed by atoms with Crippen LogP contribution in [0.5, 0.6) is 0 Å². The van der Waals surface area contributed by atoms with Crippen molar-refractivity contribution in [3.63, 3.8) is 0 Å². The topological polar surface area (TPSA) is 9.23 Å². The van der Waals surface area contributed by atoms with E-state index in [1.54, 1.807) is 0 Å². The van der Waals surface area contributed by atoms with Crippen molar-refractivity contribution in [2.24, 2.45) is 11.8 Å². The first-order valence-corrected chi connectivity index (χ1v) is 5.41. The predicted molar refractivity (Wildman–Crippen MR) is 56.5 cm³/mol. The van der Waals surface area contributed by atoms with E-state index in [2.05, 4.69) is 20.4 Å². The van der Waals surface area contributed by atoms with Crippen molar-refractivity contribution < 1.29 is 4.74 Å². The maximum atomic E-state index is 5.62. The van der Waals surface area contributed by atoms with Crippen molar-refractivity contribution in [3.05, 3.63) is 12.3 Å². The molecule has 76 valence electrons. The number of allylic oxidation sites excluding steroid dienone is 1. The van der Waals surface area contributed by atoms with Crippen LogP contribution in [0.1, 0.15) is 46.5 Å². The second-order valence-electron chi connectivity index (χ2n) is 4.60. The molecule has 0 aromatic rings. The molecule has 0 aromatic carbocycles. The molecule has 0 amide bonds. The van der Waals surface area contributed by atoms with Gasteiger partial charge in [0.25, 0.3) is 0 Å². The van der Waals surface area contributed by atoms with E-state index < -0.39 is 0 Å². The summed E-state index contributed by atoms with van der Waals surface area (Å²) >= 11 is 0. The van der Waals surface area contributed by atoms with E-state index in [9.17, 15) is 0 Å². The molecule has 0 aromatic heterocycles. The maximum absolute atomic E-state index is 5.62. The van der Waals surface area contributed by atoms with Crippen molar-refractivity contribution in [1.29, 1.82) is 0 Å². The summed E-state index contributed by atoms with van der Waals surface area (Å²) in [7, 11) is 0. The minimum absolute atomic E-state index is 0.451. The van der Waals surface area contributed by atoms with Gasteiger partial charge >= 0.3 is 0 Å². The first-order chi connectivity index (χ1) is 6.09. The maximum Gasteiger partial charge on any atom is 0.0982 e. The van der Waals surface area contributed by atoms with Crippen molar-refractivity contribution in [1.82, 2.24) is 0 Å². The van der Waals surface area contributed by atoms with Gasteiger partial charge in [0.1, 0.15) is 0 Å². The minimum atomic E-state index is 0.451. The summed E-state index contributed by atoms with van der Waals surface area (Å²) < 4.78 is 5.62. The molecular formula is C12H22O. The third kappa shape index (κ3) is 3.41. The molecule has 1 saturated carbocycles. The van der Waals surface area contributed by atoms with E-state index in [4.69, 9.17) is 4.74 Å². The fourth-order valence-electron chi connectivity index (χ4n) is 2.16. The quantitative estimate of drug-likeness (QED) is 0.604. The average molecular weight is 182 g/mol. The number of ether oxygens (including phenoxy) is 1. The highest BCUT2D eigenvalue weighted by atomic mass is 16.5. The van der Waals surface area contributed by atoms with Crippen LogP contribution in [0.3, 0.4) is 0 Å². The molecule has 13 heavy (non-hydrogen) atoms. The van der Waals surface area contributed by atoms with Gasteiger partial charge in [-0.3, -0.25) is 0 Å². The monoisotopic (exact) mass is 182 g/mol. The van der Waals surface area contributed by atoms with Gasteiger partial charge in [-0.15, -0.1) is 0 Å². The molecule has 1 heteroatoms. The zero-order chi connectivity index (χ0) is 9.84. The van der Waals surface area contributed by atoms with Crippen LogP contribution in [0.25, 0.3) is 0 Å². The zero-order valence-corrected chi connectivity index (χ0v) is 9.18. The molecule has 0 bridgehead atoms. The summed E-state index contributed by atoms with van der Waals surface area (Å²) in [4.78, 5) is 0. The van der Waals surface area contributed by atoms with Crippen LogP contribution in [0, 0.1) is 11.8 Å². The van der Waals surface area contributed by atoms with Crippen LogP contribution in [0.15, 0.2) is 12.3 Å². The van der Waals surface area contributed by atoms with E-state index in [1.807, 2.05) is 6.92 Å². The molecule has 0 saturated heterocycles. The Balaban J connectivity index is 2.26. The molecule has 0 radical (unpaired) electrons. The van der Waals surface area contributed by atoms with E-state index >= 15 is 0 Å². The molecule has 1 rings (SSSR count). The van der Waals surface area contributed by atoms with Crippen LogP contribution in [-0.2, 0) is 4.74 Å². The summed E-state index contributed by atoms with van der Waals surface area (Å²) in [6.07, 6.45) is 5.55. The fraction of sp³-hybridized carbons (Fsp3) is 0.833. The summed E-state index contributed by atoms with van der Waals surface area (Å²) in [6.45, 7) is 10.4. The molecule has 1 nitrogen and oxygen atoms in total. The first-order valence-electron chi connectivity index (χ1n) is 5.41. The Bertz CT molecular complexity index is 164. The van der Waals surface area contributed by atoms with E-state index in [-0.39, 0.29) is 0 Å². The van der Waals surface area contributed by atoms with Gasteiger partial charge in [0.05, 0.1) is 11.9 Å². The molecular weight excluding hydrogens is 160 g/mol. The van der Waals surface area contributed by atoms with Crippen molar-refractivity contribution in [2.45, 2.75) is 52.6 Å². The first kappa shape index (κ1) is 10.6. The minimum Gasteiger partial charge on any atom is -0.496 e. The second-order valence-corrected chi connectivity index (χ2v) is 4.60. The molecule has 0 heterocycles. The Morgan fingerprint density at radius 2 is 1.77 bits per heavy atom. The Morgan fingerprint density at radius 1 is 1.23 bits per heavy atom. The zero-order valence-electron chi connectivity index (χ0n) is 9.18. The standard InChI is InChI=1S/C12H22O/c1-9(2)11-5-7-12(8-6-11)13-10(3)4/h9,11-12H,3,5-8H2,1-2,4H3. The van der Waals surface area contributed by atoms with Crippen LogP contribution in [0.4, 0.5) is 0 Å². The summed E-state index contributed by atoms with van der Waals surface area (Å²) in [5.74, 6) is 2.63. The lowest BCUT2D eigenvalue weighted by Crippen LogP contribution is -2.23. The SMILES string of the molecule is C=C(C)OC1CCC(C(C)C)CC1. The van der Waals surface area contributed by atoms with Gasteiger partial charge < -0.3 is 4.74 Å². The summed E-state index contributed by atoms with van der Waals surface area (Å²) in [5.41, 5.74) is 0. The third-order valence-corrected chi connectivity index (χ3v) is 3.03. The normalized spacial score (nSPS) is 28.9. The Morgan fingerprint density at radius 3 is 2.15 bits per heavy atom. The highest BCUT2D eigenvalue weighted by molar-refractivity contribution is 4.81. The molecule has 1 fully saturated rings. The van der Waals surface area contributed by atoms with Crippen molar-refractivity contribution in [3.8, 4) is 0 Å². The Kier molecular flexibility index (Phi) is 3.83. The largest absolute Gasteiger partial charge is 0.496 e. The van der Waals surface area contributed by atoms with E-state index in [0.717, 1.165) is 17.6 Å². The van der Waals surface area contributed by atoms with Crippen LogP contribution in [-0.4, -0.2) is 6.10 Å². The lowest BCUT2D eigenvalue weighted by atomic mass is 9.80. The number of hydrogen-bond acceptors (Lipinski definition) is 1. The average Bonchev–Trinajstić information content (AvgIpc) is 2.04. The van der Waals surface area contributed by atoms with Gasteiger partial charge in [-0.2, -0.15) is 0 Å². The van der Waals surface area contributed by atoms with Gasteiger partial charge in [-0.1, -0.05) is 20.4 Å². The van der Waals surface area contributed by atoms with Crippen LogP contribution in [0.2, 0.25) is 0 Å². The molecule has 0 unspecified atom stereocenters.